The molecule has 158 valence electrons. The van der Waals surface area contributed by atoms with Crippen LogP contribution in [0, 0.1) is 25.5 Å². The van der Waals surface area contributed by atoms with Gasteiger partial charge in [0.15, 0.2) is 11.6 Å². The number of aliphatic hydroxyl groups is 1. The number of rotatable bonds is 7. The minimum Gasteiger partial charge on any atom is -0.496 e. The second-order valence-electron chi connectivity index (χ2n) is 7.76. The molecule has 2 aromatic rings. The van der Waals surface area contributed by atoms with Gasteiger partial charge in [0.25, 0.3) is 0 Å². The second-order valence-corrected chi connectivity index (χ2v) is 7.76. The summed E-state index contributed by atoms with van der Waals surface area (Å²) in [7, 11) is 1.68. The molecule has 0 aromatic heterocycles. The van der Waals surface area contributed by atoms with Crippen molar-refractivity contribution in [3.05, 3.63) is 64.2 Å². The van der Waals surface area contributed by atoms with E-state index in [4.69, 9.17) is 4.74 Å². The van der Waals surface area contributed by atoms with Crippen molar-refractivity contribution >= 4 is 0 Å². The normalized spacial score (nSPS) is 18.2. The van der Waals surface area contributed by atoms with E-state index in [9.17, 15) is 13.9 Å². The zero-order valence-electron chi connectivity index (χ0n) is 17.4. The van der Waals surface area contributed by atoms with Crippen molar-refractivity contribution in [3.63, 3.8) is 0 Å². The predicted octanol–water partition coefficient (Wildman–Crippen LogP) is 3.66. The van der Waals surface area contributed by atoms with Crippen LogP contribution in [0.5, 0.6) is 5.75 Å². The molecular weight excluding hydrogens is 374 g/mol. The maximum atomic E-state index is 14.0. The largest absolute Gasteiger partial charge is 0.496 e. The number of ether oxygens (including phenoxy) is 1. The molecule has 1 aliphatic heterocycles. The van der Waals surface area contributed by atoms with Crippen LogP contribution in [0.3, 0.4) is 0 Å². The Balaban J connectivity index is 1.71. The van der Waals surface area contributed by atoms with Crippen LogP contribution in [-0.2, 0) is 13.1 Å². The lowest BCUT2D eigenvalue weighted by atomic mass is 10.00. The van der Waals surface area contributed by atoms with Gasteiger partial charge in [0.2, 0.25) is 0 Å². The molecule has 1 heterocycles. The summed E-state index contributed by atoms with van der Waals surface area (Å²) in [6.07, 6.45) is 0.649. The van der Waals surface area contributed by atoms with E-state index < -0.39 is 11.6 Å². The van der Waals surface area contributed by atoms with Crippen molar-refractivity contribution < 1.29 is 18.6 Å². The van der Waals surface area contributed by atoms with Crippen molar-refractivity contribution in [1.82, 2.24) is 9.80 Å². The molecule has 1 atom stereocenters. The van der Waals surface area contributed by atoms with Crippen LogP contribution in [0.1, 0.15) is 28.7 Å². The highest BCUT2D eigenvalue weighted by Gasteiger charge is 2.28. The molecule has 0 aliphatic carbocycles. The molecule has 6 heteroatoms. The molecule has 0 unspecified atom stereocenters. The molecule has 4 nitrogen and oxygen atoms in total. The van der Waals surface area contributed by atoms with Crippen LogP contribution >= 0.6 is 0 Å². The summed E-state index contributed by atoms with van der Waals surface area (Å²) >= 11 is 0. The highest BCUT2D eigenvalue weighted by molar-refractivity contribution is 5.43. The standard InChI is InChI=1S/C23H30F2N2O2/c1-16-17(2)22(29-3)8-7-18(16)14-27-11-10-26(15-20(27)9-12-28)13-19-5-4-6-21(24)23(19)25/h4-8,20,28H,9-15H2,1-3H3/t20-/m0/s1. The zero-order chi connectivity index (χ0) is 21.0. The molecule has 1 saturated heterocycles. The molecular formula is C23H30F2N2O2. The summed E-state index contributed by atoms with van der Waals surface area (Å²) in [5, 5.41) is 9.55. The highest BCUT2D eigenvalue weighted by Crippen LogP contribution is 2.27. The Labute approximate surface area is 171 Å². The summed E-state index contributed by atoms with van der Waals surface area (Å²) in [6, 6.07) is 8.59. The van der Waals surface area contributed by atoms with Gasteiger partial charge in [-0.1, -0.05) is 18.2 Å². The van der Waals surface area contributed by atoms with E-state index in [1.807, 2.05) is 6.07 Å². The Hall–Kier alpha value is -2.02. The molecule has 1 N–H and O–H groups in total. The van der Waals surface area contributed by atoms with Gasteiger partial charge < -0.3 is 9.84 Å². The third kappa shape index (κ3) is 4.94. The number of hydrogen-bond donors (Lipinski definition) is 1. The van der Waals surface area contributed by atoms with Crippen LogP contribution in [-0.4, -0.2) is 54.3 Å². The van der Waals surface area contributed by atoms with Gasteiger partial charge in [0.05, 0.1) is 7.11 Å². The molecule has 1 aliphatic rings. The maximum absolute atomic E-state index is 14.0. The molecule has 0 radical (unpaired) electrons. The number of hydrogen-bond acceptors (Lipinski definition) is 4. The number of benzene rings is 2. The van der Waals surface area contributed by atoms with Gasteiger partial charge in [0.1, 0.15) is 5.75 Å². The van der Waals surface area contributed by atoms with Crippen molar-refractivity contribution in [2.75, 3.05) is 33.4 Å². The molecule has 0 bridgehead atoms. The van der Waals surface area contributed by atoms with Crippen molar-refractivity contribution in [1.29, 1.82) is 0 Å². The topological polar surface area (TPSA) is 35.9 Å². The van der Waals surface area contributed by atoms with Crippen molar-refractivity contribution in [3.8, 4) is 5.75 Å². The maximum Gasteiger partial charge on any atom is 0.163 e. The lowest BCUT2D eigenvalue weighted by molar-refractivity contribution is 0.0492. The fourth-order valence-electron chi connectivity index (χ4n) is 4.11. The van der Waals surface area contributed by atoms with Gasteiger partial charge in [-0.05, 0) is 49.1 Å². The number of aliphatic hydroxyl groups excluding tert-OH is 1. The van der Waals surface area contributed by atoms with E-state index in [-0.39, 0.29) is 12.6 Å². The lowest BCUT2D eigenvalue weighted by Gasteiger charge is -2.41. The van der Waals surface area contributed by atoms with Crippen molar-refractivity contribution in [2.24, 2.45) is 0 Å². The van der Waals surface area contributed by atoms with E-state index in [1.165, 1.54) is 11.1 Å². The van der Waals surface area contributed by atoms with E-state index in [0.29, 0.717) is 25.1 Å². The fraction of sp³-hybridized carbons (Fsp3) is 0.478. The minimum atomic E-state index is -0.807. The lowest BCUT2D eigenvalue weighted by Crippen LogP contribution is -2.52. The molecule has 0 saturated carbocycles. The third-order valence-corrected chi connectivity index (χ3v) is 6.02. The number of piperazine rings is 1. The quantitative estimate of drug-likeness (QED) is 0.764. The average molecular weight is 405 g/mol. The molecule has 0 amide bonds. The van der Waals surface area contributed by atoms with E-state index in [1.54, 1.807) is 19.2 Å². The van der Waals surface area contributed by atoms with Gasteiger partial charge in [-0.15, -0.1) is 0 Å². The monoisotopic (exact) mass is 404 g/mol. The zero-order valence-corrected chi connectivity index (χ0v) is 17.4. The molecule has 1 fully saturated rings. The van der Waals surface area contributed by atoms with Crippen LogP contribution in [0.4, 0.5) is 8.78 Å². The van der Waals surface area contributed by atoms with E-state index in [0.717, 1.165) is 37.0 Å². The fourth-order valence-corrected chi connectivity index (χ4v) is 4.11. The molecule has 0 spiro atoms. The molecule has 29 heavy (non-hydrogen) atoms. The summed E-state index contributed by atoms with van der Waals surface area (Å²) in [5.74, 6) is -0.684. The van der Waals surface area contributed by atoms with Crippen LogP contribution in [0.15, 0.2) is 30.3 Å². The van der Waals surface area contributed by atoms with Gasteiger partial charge >= 0.3 is 0 Å². The second kappa shape index (κ2) is 9.65. The Morgan fingerprint density at radius 1 is 1.03 bits per heavy atom. The van der Waals surface area contributed by atoms with E-state index >= 15 is 0 Å². The Kier molecular flexibility index (Phi) is 7.22. The first-order valence-electron chi connectivity index (χ1n) is 10.1. The van der Waals surface area contributed by atoms with Crippen molar-refractivity contribution in [2.45, 2.75) is 39.4 Å². The van der Waals surface area contributed by atoms with E-state index in [2.05, 4.69) is 29.7 Å². The van der Waals surface area contributed by atoms with Gasteiger partial charge in [-0.2, -0.15) is 0 Å². The summed E-state index contributed by atoms with van der Waals surface area (Å²) in [6.45, 7) is 7.74. The number of halogens is 2. The summed E-state index contributed by atoms with van der Waals surface area (Å²) in [4.78, 5) is 4.52. The predicted molar refractivity (Wildman–Crippen MR) is 110 cm³/mol. The smallest absolute Gasteiger partial charge is 0.163 e. The van der Waals surface area contributed by atoms with Gasteiger partial charge in [0, 0.05) is 50.9 Å². The van der Waals surface area contributed by atoms with Gasteiger partial charge in [-0.25, -0.2) is 8.78 Å². The van der Waals surface area contributed by atoms with Crippen LogP contribution in [0.2, 0.25) is 0 Å². The van der Waals surface area contributed by atoms with Crippen LogP contribution < -0.4 is 4.74 Å². The first kappa shape index (κ1) is 21.7. The highest BCUT2D eigenvalue weighted by atomic mass is 19.2. The number of methoxy groups -OCH3 is 1. The Morgan fingerprint density at radius 2 is 1.83 bits per heavy atom. The average Bonchev–Trinajstić information content (AvgIpc) is 2.71. The Bertz CT molecular complexity index is 844. The first-order chi connectivity index (χ1) is 13.9. The summed E-state index contributed by atoms with van der Waals surface area (Å²) < 4.78 is 33.0. The SMILES string of the molecule is COc1ccc(CN2CCN(Cc3cccc(F)c3F)C[C@@H]2CCO)c(C)c1C. The molecule has 3 rings (SSSR count). The third-order valence-electron chi connectivity index (χ3n) is 6.02. The molecule has 2 aromatic carbocycles. The van der Waals surface area contributed by atoms with Crippen LogP contribution in [0.25, 0.3) is 0 Å². The number of nitrogens with zero attached hydrogens (tertiary/aromatic N) is 2. The Morgan fingerprint density at radius 3 is 2.55 bits per heavy atom. The summed E-state index contributed by atoms with van der Waals surface area (Å²) in [5.41, 5.74) is 3.99. The minimum absolute atomic E-state index is 0.101. The van der Waals surface area contributed by atoms with Gasteiger partial charge in [-0.3, -0.25) is 9.80 Å². The first-order valence-corrected chi connectivity index (χ1v) is 10.1.